The van der Waals surface area contributed by atoms with E-state index in [4.69, 9.17) is 20.4 Å². The largest absolute Gasteiger partial charge is 0.409 e. The van der Waals surface area contributed by atoms with Crippen LogP contribution in [0.25, 0.3) is 0 Å². The Bertz CT molecular complexity index is 328. The van der Waals surface area contributed by atoms with Crippen molar-refractivity contribution in [1.29, 1.82) is 0 Å². The lowest BCUT2D eigenvalue weighted by Crippen LogP contribution is -2.52. The molecule has 18 heavy (non-hydrogen) atoms. The number of ether oxygens (including phenoxy) is 2. The zero-order valence-electron chi connectivity index (χ0n) is 10.2. The van der Waals surface area contributed by atoms with E-state index in [0.717, 1.165) is 12.8 Å². The fourth-order valence-corrected chi connectivity index (χ4v) is 2.30. The van der Waals surface area contributed by atoms with Crippen LogP contribution in [0.5, 0.6) is 0 Å². The molecule has 0 bridgehead atoms. The lowest BCUT2D eigenvalue weighted by atomic mass is 9.98. The summed E-state index contributed by atoms with van der Waals surface area (Å²) >= 11 is 0. The van der Waals surface area contributed by atoms with E-state index in [9.17, 15) is 4.79 Å². The molecule has 7 heteroatoms. The summed E-state index contributed by atoms with van der Waals surface area (Å²) in [5.41, 5.74) is 5.51. The molecule has 0 aromatic carbocycles. The van der Waals surface area contributed by atoms with Crippen molar-refractivity contribution in [1.82, 2.24) is 4.90 Å². The fraction of sp³-hybridized carbons (Fsp3) is 0.818. The summed E-state index contributed by atoms with van der Waals surface area (Å²) in [6, 6.07) is 0. The van der Waals surface area contributed by atoms with Gasteiger partial charge in [0.2, 0.25) is 5.91 Å². The number of oxime groups is 1. The molecule has 1 amide bonds. The number of rotatable bonds is 2. The van der Waals surface area contributed by atoms with Gasteiger partial charge in [0.25, 0.3) is 0 Å². The normalized spacial score (nSPS) is 27.2. The fourth-order valence-electron chi connectivity index (χ4n) is 2.30. The smallest absolute Gasteiger partial charge is 0.226 e. The maximum absolute atomic E-state index is 12.3. The SMILES string of the molecule is NC(=NO)C1CN(C(=O)C2CCOCC2)CCO1. The maximum Gasteiger partial charge on any atom is 0.226 e. The molecule has 2 fully saturated rings. The monoisotopic (exact) mass is 257 g/mol. The van der Waals surface area contributed by atoms with Gasteiger partial charge in [-0.2, -0.15) is 0 Å². The molecule has 0 aliphatic carbocycles. The molecule has 102 valence electrons. The second-order valence-corrected chi connectivity index (χ2v) is 4.56. The predicted molar refractivity (Wildman–Crippen MR) is 63.3 cm³/mol. The van der Waals surface area contributed by atoms with Crippen molar-refractivity contribution < 1.29 is 19.5 Å². The molecular weight excluding hydrogens is 238 g/mol. The molecule has 2 saturated heterocycles. The van der Waals surface area contributed by atoms with Gasteiger partial charge in [-0.3, -0.25) is 4.79 Å². The maximum atomic E-state index is 12.3. The molecule has 0 spiro atoms. The van der Waals surface area contributed by atoms with Gasteiger partial charge in [0.15, 0.2) is 5.84 Å². The Hall–Kier alpha value is -1.34. The number of carbonyl (C=O) groups excluding carboxylic acids is 1. The molecule has 7 nitrogen and oxygen atoms in total. The van der Waals surface area contributed by atoms with Crippen LogP contribution >= 0.6 is 0 Å². The van der Waals surface area contributed by atoms with Crippen LogP contribution in [0.3, 0.4) is 0 Å². The third-order valence-corrected chi connectivity index (χ3v) is 3.39. The van der Waals surface area contributed by atoms with E-state index in [1.165, 1.54) is 0 Å². The minimum atomic E-state index is -0.507. The highest BCUT2D eigenvalue weighted by molar-refractivity contribution is 5.86. The van der Waals surface area contributed by atoms with Gasteiger partial charge in [-0.25, -0.2) is 0 Å². The van der Waals surface area contributed by atoms with Gasteiger partial charge in [0.05, 0.1) is 13.2 Å². The minimum absolute atomic E-state index is 0.0134. The first kappa shape index (κ1) is 13.1. The van der Waals surface area contributed by atoms with E-state index < -0.39 is 6.10 Å². The van der Waals surface area contributed by atoms with Crippen molar-refractivity contribution in [3.8, 4) is 0 Å². The van der Waals surface area contributed by atoms with Gasteiger partial charge in [-0.1, -0.05) is 5.16 Å². The average molecular weight is 257 g/mol. The molecule has 0 aromatic heterocycles. The standard InChI is InChI=1S/C11H19N3O4/c12-10(13-16)9-7-14(3-6-18-9)11(15)8-1-4-17-5-2-8/h8-9,16H,1-7H2,(H2,12,13). The van der Waals surface area contributed by atoms with E-state index in [-0.39, 0.29) is 17.7 Å². The number of carbonyl (C=O) groups is 1. The predicted octanol–water partition coefficient (Wildman–Crippen LogP) is -0.613. The summed E-state index contributed by atoms with van der Waals surface area (Å²) in [7, 11) is 0. The second kappa shape index (κ2) is 6.01. The van der Waals surface area contributed by atoms with Crippen molar-refractivity contribution in [2.45, 2.75) is 18.9 Å². The Balaban J connectivity index is 1.93. The lowest BCUT2D eigenvalue weighted by molar-refractivity contribution is -0.144. The summed E-state index contributed by atoms with van der Waals surface area (Å²) in [6.45, 7) is 2.61. The molecule has 2 heterocycles. The molecule has 2 rings (SSSR count). The highest BCUT2D eigenvalue weighted by Crippen LogP contribution is 2.19. The number of hydrogen-bond acceptors (Lipinski definition) is 5. The van der Waals surface area contributed by atoms with Gasteiger partial charge in [-0.15, -0.1) is 0 Å². The molecule has 0 radical (unpaired) electrons. The Morgan fingerprint density at radius 3 is 2.72 bits per heavy atom. The number of nitrogens with two attached hydrogens (primary N) is 1. The number of hydrogen-bond donors (Lipinski definition) is 2. The first-order valence-electron chi connectivity index (χ1n) is 6.18. The molecule has 0 aromatic rings. The third kappa shape index (κ3) is 2.91. The van der Waals surface area contributed by atoms with Crippen LogP contribution < -0.4 is 5.73 Å². The topological polar surface area (TPSA) is 97.4 Å². The van der Waals surface area contributed by atoms with Crippen LogP contribution in [-0.4, -0.2) is 60.9 Å². The van der Waals surface area contributed by atoms with Crippen LogP contribution in [0, 0.1) is 5.92 Å². The van der Waals surface area contributed by atoms with Crippen LogP contribution in [-0.2, 0) is 14.3 Å². The van der Waals surface area contributed by atoms with Crippen LogP contribution in [0.15, 0.2) is 5.16 Å². The lowest BCUT2D eigenvalue weighted by Gasteiger charge is -2.35. The van der Waals surface area contributed by atoms with Crippen molar-refractivity contribution in [3.63, 3.8) is 0 Å². The Morgan fingerprint density at radius 2 is 2.06 bits per heavy atom. The van der Waals surface area contributed by atoms with Crippen LogP contribution in [0.2, 0.25) is 0 Å². The van der Waals surface area contributed by atoms with E-state index >= 15 is 0 Å². The molecule has 3 N–H and O–H groups in total. The zero-order valence-corrected chi connectivity index (χ0v) is 10.2. The molecule has 1 unspecified atom stereocenters. The van der Waals surface area contributed by atoms with Gasteiger partial charge < -0.3 is 25.3 Å². The molecule has 1 atom stereocenters. The third-order valence-electron chi connectivity index (χ3n) is 3.39. The van der Waals surface area contributed by atoms with Crippen LogP contribution in [0.4, 0.5) is 0 Å². The number of nitrogens with zero attached hydrogens (tertiary/aromatic N) is 2. The quantitative estimate of drug-likeness (QED) is 0.297. The Kier molecular flexibility index (Phi) is 4.38. The van der Waals surface area contributed by atoms with Crippen molar-refractivity contribution in [2.24, 2.45) is 16.8 Å². The van der Waals surface area contributed by atoms with E-state index in [1.807, 2.05) is 0 Å². The zero-order chi connectivity index (χ0) is 13.0. The minimum Gasteiger partial charge on any atom is -0.409 e. The number of amidine groups is 1. The highest BCUT2D eigenvalue weighted by Gasteiger charge is 2.31. The Labute approximate surface area is 106 Å². The van der Waals surface area contributed by atoms with Gasteiger partial charge in [0.1, 0.15) is 6.10 Å². The average Bonchev–Trinajstić information content (AvgIpc) is 2.46. The van der Waals surface area contributed by atoms with Crippen LogP contribution in [0.1, 0.15) is 12.8 Å². The molecular formula is C11H19N3O4. The summed E-state index contributed by atoms with van der Waals surface area (Å²) in [4.78, 5) is 14.0. The van der Waals surface area contributed by atoms with E-state index in [1.54, 1.807) is 4.90 Å². The summed E-state index contributed by atoms with van der Waals surface area (Å²) in [5, 5.41) is 11.6. The summed E-state index contributed by atoms with van der Waals surface area (Å²) in [6.07, 6.45) is 1.03. The summed E-state index contributed by atoms with van der Waals surface area (Å²) in [5.74, 6) is 0.168. The highest BCUT2D eigenvalue weighted by atomic mass is 16.5. The number of morpholine rings is 1. The van der Waals surface area contributed by atoms with Crippen molar-refractivity contribution >= 4 is 11.7 Å². The van der Waals surface area contributed by atoms with Gasteiger partial charge in [0, 0.05) is 25.7 Å². The second-order valence-electron chi connectivity index (χ2n) is 4.56. The van der Waals surface area contributed by atoms with E-state index in [2.05, 4.69) is 5.16 Å². The van der Waals surface area contributed by atoms with Gasteiger partial charge >= 0.3 is 0 Å². The first-order chi connectivity index (χ1) is 8.72. The molecule has 2 aliphatic rings. The number of amides is 1. The van der Waals surface area contributed by atoms with Gasteiger partial charge in [-0.05, 0) is 12.8 Å². The van der Waals surface area contributed by atoms with Crippen molar-refractivity contribution in [2.75, 3.05) is 32.9 Å². The Morgan fingerprint density at radius 1 is 1.33 bits per heavy atom. The summed E-state index contributed by atoms with van der Waals surface area (Å²) < 4.78 is 10.6. The first-order valence-corrected chi connectivity index (χ1v) is 6.18. The van der Waals surface area contributed by atoms with E-state index in [0.29, 0.717) is 32.9 Å². The molecule has 0 saturated carbocycles. The molecule has 2 aliphatic heterocycles. The van der Waals surface area contributed by atoms with Crippen molar-refractivity contribution in [3.05, 3.63) is 0 Å².